The quantitative estimate of drug-likeness (QED) is 0.817. The van der Waals surface area contributed by atoms with E-state index in [2.05, 4.69) is 10.3 Å². The van der Waals surface area contributed by atoms with Crippen LogP contribution in [0, 0.1) is 5.92 Å². The van der Waals surface area contributed by atoms with E-state index in [1.807, 2.05) is 30.5 Å². The van der Waals surface area contributed by atoms with Gasteiger partial charge in [0.05, 0.1) is 0 Å². The van der Waals surface area contributed by atoms with Gasteiger partial charge in [0, 0.05) is 17.1 Å². The molecule has 0 spiro atoms. The molecule has 0 amide bonds. The monoisotopic (exact) mass is 232 g/mol. The molecule has 1 atom stereocenters. The number of piperidine rings is 1. The van der Waals surface area contributed by atoms with Gasteiger partial charge in [0.25, 0.3) is 0 Å². The van der Waals surface area contributed by atoms with Crippen molar-refractivity contribution >= 4 is 10.9 Å². The number of hydrogen-bond acceptors (Lipinski definition) is 1. The van der Waals surface area contributed by atoms with E-state index >= 15 is 0 Å². The number of nitrogens with one attached hydrogen (secondary N) is 2. The van der Waals surface area contributed by atoms with E-state index in [0.717, 1.165) is 42.4 Å². The molecule has 90 valence electrons. The third-order valence-corrected chi connectivity index (χ3v) is 3.72. The van der Waals surface area contributed by atoms with Crippen molar-refractivity contribution in [3.8, 4) is 0 Å². The Labute approximate surface area is 100 Å². The molecule has 1 aliphatic rings. The first-order valence-corrected chi connectivity index (χ1v) is 6.27. The molecule has 1 aromatic heterocycles. The molecule has 1 fully saturated rings. The van der Waals surface area contributed by atoms with Crippen LogP contribution in [0.2, 0.25) is 0 Å². The maximum atomic E-state index is 14.6. The van der Waals surface area contributed by atoms with Gasteiger partial charge in [0.1, 0.15) is 6.17 Å². The predicted octanol–water partition coefficient (Wildman–Crippen LogP) is 3.18. The highest BCUT2D eigenvalue weighted by Crippen LogP contribution is 2.35. The molecule has 2 N–H and O–H groups in total. The zero-order valence-electron chi connectivity index (χ0n) is 9.75. The molecule has 17 heavy (non-hydrogen) atoms. The first kappa shape index (κ1) is 10.8. The lowest BCUT2D eigenvalue weighted by atomic mass is 9.88. The Morgan fingerprint density at radius 1 is 1.18 bits per heavy atom. The van der Waals surface area contributed by atoms with Crippen LogP contribution in [-0.2, 0) is 0 Å². The second-order valence-electron chi connectivity index (χ2n) is 4.78. The topological polar surface area (TPSA) is 27.8 Å². The average Bonchev–Trinajstić information content (AvgIpc) is 2.87. The molecule has 1 aliphatic heterocycles. The van der Waals surface area contributed by atoms with Crippen LogP contribution in [0.4, 0.5) is 4.39 Å². The smallest absolute Gasteiger partial charge is 0.129 e. The lowest BCUT2D eigenvalue weighted by molar-refractivity contribution is 0.192. The van der Waals surface area contributed by atoms with Gasteiger partial charge in [-0.2, -0.15) is 0 Å². The van der Waals surface area contributed by atoms with E-state index in [1.165, 1.54) is 0 Å². The molecule has 0 saturated carbocycles. The molecule has 2 aromatic rings. The number of halogens is 1. The van der Waals surface area contributed by atoms with Gasteiger partial charge in [-0.05, 0) is 49.5 Å². The molecule has 3 heteroatoms. The van der Waals surface area contributed by atoms with E-state index in [1.54, 1.807) is 0 Å². The Balaban J connectivity index is 1.94. The normalized spacial score (nSPS) is 19.6. The maximum absolute atomic E-state index is 14.6. The van der Waals surface area contributed by atoms with Crippen molar-refractivity contribution in [3.63, 3.8) is 0 Å². The summed E-state index contributed by atoms with van der Waals surface area (Å²) in [5.41, 5.74) is 1.87. The number of rotatable bonds is 2. The summed E-state index contributed by atoms with van der Waals surface area (Å²) in [6, 6.07) is 7.82. The Bertz CT molecular complexity index is 500. The van der Waals surface area contributed by atoms with Crippen molar-refractivity contribution in [1.29, 1.82) is 0 Å². The Morgan fingerprint density at radius 2 is 2.00 bits per heavy atom. The Hall–Kier alpha value is -1.35. The van der Waals surface area contributed by atoms with E-state index in [9.17, 15) is 4.39 Å². The molecule has 1 saturated heterocycles. The second-order valence-corrected chi connectivity index (χ2v) is 4.78. The SMILES string of the molecule is FC(c1cccc2[nH]ccc12)C1CCNCC1. The number of alkyl halides is 1. The van der Waals surface area contributed by atoms with E-state index in [-0.39, 0.29) is 5.92 Å². The largest absolute Gasteiger partial charge is 0.361 e. The minimum absolute atomic E-state index is 0.164. The van der Waals surface area contributed by atoms with Gasteiger partial charge in [-0.25, -0.2) is 4.39 Å². The molecule has 0 radical (unpaired) electrons. The number of aromatic nitrogens is 1. The third-order valence-electron chi connectivity index (χ3n) is 3.72. The highest BCUT2D eigenvalue weighted by molar-refractivity contribution is 5.83. The van der Waals surface area contributed by atoms with Crippen LogP contribution in [0.3, 0.4) is 0 Å². The molecular formula is C14H17FN2. The lowest BCUT2D eigenvalue weighted by Crippen LogP contribution is -2.29. The maximum Gasteiger partial charge on any atom is 0.129 e. The summed E-state index contributed by atoms with van der Waals surface area (Å²) in [5.74, 6) is 0.164. The van der Waals surface area contributed by atoms with Crippen molar-refractivity contribution in [2.45, 2.75) is 19.0 Å². The van der Waals surface area contributed by atoms with Crippen LogP contribution in [-0.4, -0.2) is 18.1 Å². The van der Waals surface area contributed by atoms with Crippen LogP contribution in [0.5, 0.6) is 0 Å². The third kappa shape index (κ3) is 1.95. The highest BCUT2D eigenvalue weighted by Gasteiger charge is 2.25. The number of fused-ring (bicyclic) bond motifs is 1. The van der Waals surface area contributed by atoms with Crippen LogP contribution < -0.4 is 5.32 Å². The summed E-state index contributed by atoms with van der Waals surface area (Å²) in [7, 11) is 0. The lowest BCUT2D eigenvalue weighted by Gasteiger charge is -2.26. The fraction of sp³-hybridized carbons (Fsp3) is 0.429. The number of hydrogen-bond donors (Lipinski definition) is 2. The van der Waals surface area contributed by atoms with Gasteiger partial charge in [-0.15, -0.1) is 0 Å². The molecule has 0 bridgehead atoms. The second kappa shape index (κ2) is 4.49. The first-order valence-electron chi connectivity index (χ1n) is 6.27. The Morgan fingerprint density at radius 3 is 2.82 bits per heavy atom. The summed E-state index contributed by atoms with van der Waals surface area (Å²) in [6.45, 7) is 1.88. The van der Waals surface area contributed by atoms with Crippen molar-refractivity contribution in [3.05, 3.63) is 36.0 Å². The van der Waals surface area contributed by atoms with Crippen molar-refractivity contribution in [1.82, 2.24) is 10.3 Å². The summed E-state index contributed by atoms with van der Waals surface area (Å²) in [4.78, 5) is 3.14. The molecule has 1 unspecified atom stereocenters. The fourth-order valence-corrected chi connectivity index (χ4v) is 2.74. The highest BCUT2D eigenvalue weighted by atomic mass is 19.1. The Kier molecular flexibility index (Phi) is 2.85. The van der Waals surface area contributed by atoms with Gasteiger partial charge in [-0.1, -0.05) is 12.1 Å². The van der Waals surface area contributed by atoms with Gasteiger partial charge < -0.3 is 10.3 Å². The van der Waals surface area contributed by atoms with Gasteiger partial charge in [0.2, 0.25) is 0 Å². The van der Waals surface area contributed by atoms with Crippen LogP contribution in [0.15, 0.2) is 30.5 Å². The van der Waals surface area contributed by atoms with E-state index < -0.39 is 6.17 Å². The van der Waals surface area contributed by atoms with Crippen LogP contribution in [0.25, 0.3) is 10.9 Å². The summed E-state index contributed by atoms with van der Waals surface area (Å²) >= 11 is 0. The number of benzene rings is 1. The average molecular weight is 232 g/mol. The van der Waals surface area contributed by atoms with Gasteiger partial charge in [0.15, 0.2) is 0 Å². The summed E-state index contributed by atoms with van der Waals surface area (Å²) < 4.78 is 14.6. The van der Waals surface area contributed by atoms with Crippen molar-refractivity contribution in [2.24, 2.45) is 5.92 Å². The predicted molar refractivity (Wildman–Crippen MR) is 67.7 cm³/mol. The van der Waals surface area contributed by atoms with Gasteiger partial charge >= 0.3 is 0 Å². The van der Waals surface area contributed by atoms with Gasteiger partial charge in [-0.3, -0.25) is 0 Å². The van der Waals surface area contributed by atoms with Crippen molar-refractivity contribution < 1.29 is 4.39 Å². The van der Waals surface area contributed by atoms with E-state index in [4.69, 9.17) is 0 Å². The van der Waals surface area contributed by atoms with E-state index in [0.29, 0.717) is 0 Å². The zero-order chi connectivity index (χ0) is 11.7. The summed E-state index contributed by atoms with van der Waals surface area (Å²) in [5, 5.41) is 4.31. The molecule has 3 rings (SSSR count). The molecule has 0 aliphatic carbocycles. The molecule has 2 nitrogen and oxygen atoms in total. The molecule has 2 heterocycles. The molecule has 1 aromatic carbocycles. The fourth-order valence-electron chi connectivity index (χ4n) is 2.74. The zero-order valence-corrected chi connectivity index (χ0v) is 9.75. The first-order chi connectivity index (χ1) is 8.36. The minimum Gasteiger partial charge on any atom is -0.361 e. The van der Waals surface area contributed by atoms with Crippen LogP contribution >= 0.6 is 0 Å². The number of H-pyrrole nitrogens is 1. The summed E-state index contributed by atoms with van der Waals surface area (Å²) in [6.07, 6.45) is 2.91. The standard InChI is InChI=1S/C14H17FN2/c15-14(10-4-7-16-8-5-10)12-2-1-3-13-11(12)6-9-17-13/h1-3,6,9-10,14,16-17H,4-5,7-8H2. The molecular weight excluding hydrogens is 215 g/mol. The van der Waals surface area contributed by atoms with Crippen molar-refractivity contribution in [2.75, 3.05) is 13.1 Å². The number of aromatic amines is 1. The minimum atomic E-state index is -0.836. The van der Waals surface area contributed by atoms with Crippen LogP contribution in [0.1, 0.15) is 24.6 Å².